The SMILES string of the molecule is CC1CCCC(Nc2cc(F)c(I)cc2[N+](=O)[O-])C1. The zero-order chi connectivity index (χ0) is 14.0. The van der Waals surface area contributed by atoms with E-state index in [0.717, 1.165) is 19.3 Å². The fraction of sp³-hybridized carbons (Fsp3) is 0.538. The number of anilines is 1. The fourth-order valence-electron chi connectivity index (χ4n) is 2.59. The number of nitro groups is 1. The predicted molar refractivity (Wildman–Crippen MR) is 80.8 cm³/mol. The molecule has 0 amide bonds. The third-order valence-corrected chi connectivity index (χ3v) is 4.36. The van der Waals surface area contributed by atoms with Crippen molar-refractivity contribution in [1.29, 1.82) is 0 Å². The van der Waals surface area contributed by atoms with Crippen molar-refractivity contribution >= 4 is 34.0 Å². The molecule has 0 spiro atoms. The van der Waals surface area contributed by atoms with Crippen molar-refractivity contribution in [1.82, 2.24) is 0 Å². The van der Waals surface area contributed by atoms with Gasteiger partial charge in [-0.05, 0) is 41.4 Å². The molecule has 0 bridgehead atoms. The minimum absolute atomic E-state index is 0.0518. The molecule has 0 aliphatic heterocycles. The van der Waals surface area contributed by atoms with Gasteiger partial charge in [-0.1, -0.05) is 19.8 Å². The lowest BCUT2D eigenvalue weighted by Crippen LogP contribution is -2.26. The molecule has 1 aromatic carbocycles. The highest BCUT2D eigenvalue weighted by atomic mass is 127. The van der Waals surface area contributed by atoms with Gasteiger partial charge < -0.3 is 5.32 Å². The standard InChI is InChI=1S/C13H16FIN2O2/c1-8-3-2-4-9(5-8)16-12-6-10(14)11(15)7-13(12)17(18)19/h6-9,16H,2-5H2,1H3. The zero-order valence-electron chi connectivity index (χ0n) is 10.7. The molecule has 0 aromatic heterocycles. The molecule has 0 radical (unpaired) electrons. The van der Waals surface area contributed by atoms with E-state index >= 15 is 0 Å². The Balaban J connectivity index is 2.23. The van der Waals surface area contributed by atoms with E-state index < -0.39 is 10.7 Å². The van der Waals surface area contributed by atoms with Crippen molar-refractivity contribution < 1.29 is 9.31 Å². The first-order chi connectivity index (χ1) is 8.97. The first-order valence-corrected chi connectivity index (χ1v) is 7.45. The molecule has 1 aliphatic carbocycles. The van der Waals surface area contributed by atoms with Crippen LogP contribution >= 0.6 is 22.6 Å². The molecule has 1 fully saturated rings. The molecule has 2 unspecified atom stereocenters. The molecule has 104 valence electrons. The number of rotatable bonds is 3. The topological polar surface area (TPSA) is 55.2 Å². The molecule has 1 saturated carbocycles. The van der Waals surface area contributed by atoms with Crippen LogP contribution < -0.4 is 5.32 Å². The van der Waals surface area contributed by atoms with E-state index in [4.69, 9.17) is 0 Å². The molecular formula is C13H16FIN2O2. The van der Waals surface area contributed by atoms with Crippen LogP contribution in [0.1, 0.15) is 32.6 Å². The van der Waals surface area contributed by atoms with Gasteiger partial charge in [-0.2, -0.15) is 0 Å². The van der Waals surface area contributed by atoms with Gasteiger partial charge in [0.25, 0.3) is 5.69 Å². The Labute approximate surface area is 125 Å². The number of halogens is 2. The van der Waals surface area contributed by atoms with Crippen LogP contribution in [-0.4, -0.2) is 11.0 Å². The molecule has 1 N–H and O–H groups in total. The minimum Gasteiger partial charge on any atom is -0.377 e. The van der Waals surface area contributed by atoms with Crippen molar-refractivity contribution in [2.45, 2.75) is 38.6 Å². The molecule has 0 saturated heterocycles. The van der Waals surface area contributed by atoms with Crippen LogP contribution in [0.3, 0.4) is 0 Å². The molecule has 0 heterocycles. The molecule has 2 atom stereocenters. The van der Waals surface area contributed by atoms with Crippen molar-refractivity contribution in [3.8, 4) is 0 Å². The summed E-state index contributed by atoms with van der Waals surface area (Å²) >= 11 is 1.77. The maximum absolute atomic E-state index is 13.6. The Hall–Kier alpha value is -0.920. The van der Waals surface area contributed by atoms with E-state index in [9.17, 15) is 14.5 Å². The van der Waals surface area contributed by atoms with E-state index in [0.29, 0.717) is 11.6 Å². The van der Waals surface area contributed by atoms with Crippen molar-refractivity contribution in [2.24, 2.45) is 5.92 Å². The van der Waals surface area contributed by atoms with Gasteiger partial charge in [-0.15, -0.1) is 0 Å². The summed E-state index contributed by atoms with van der Waals surface area (Å²) in [5, 5.41) is 14.2. The zero-order valence-corrected chi connectivity index (χ0v) is 12.8. The van der Waals surface area contributed by atoms with Crippen LogP contribution in [0.2, 0.25) is 0 Å². The minimum atomic E-state index is -0.462. The normalized spacial score (nSPS) is 23.1. The van der Waals surface area contributed by atoms with Crippen LogP contribution in [0.5, 0.6) is 0 Å². The summed E-state index contributed by atoms with van der Waals surface area (Å²) in [6.45, 7) is 2.18. The average Bonchev–Trinajstić information content (AvgIpc) is 2.33. The van der Waals surface area contributed by atoms with Crippen LogP contribution in [0.25, 0.3) is 0 Å². The van der Waals surface area contributed by atoms with E-state index in [1.807, 2.05) is 0 Å². The number of benzene rings is 1. The number of nitrogens with one attached hydrogen (secondary N) is 1. The quantitative estimate of drug-likeness (QED) is 0.484. The summed E-state index contributed by atoms with van der Waals surface area (Å²) in [7, 11) is 0. The summed E-state index contributed by atoms with van der Waals surface area (Å²) in [5.74, 6) is 0.191. The van der Waals surface area contributed by atoms with E-state index in [1.54, 1.807) is 22.6 Å². The number of hydrogen-bond donors (Lipinski definition) is 1. The lowest BCUT2D eigenvalue weighted by molar-refractivity contribution is -0.384. The third-order valence-electron chi connectivity index (χ3n) is 3.53. The Morgan fingerprint density at radius 3 is 2.84 bits per heavy atom. The summed E-state index contributed by atoms with van der Waals surface area (Å²) in [6, 6.07) is 2.71. The second-order valence-corrected chi connectivity index (χ2v) is 6.32. The smallest absolute Gasteiger partial charge is 0.293 e. The van der Waals surface area contributed by atoms with Gasteiger partial charge in [0.1, 0.15) is 11.5 Å². The molecule has 2 rings (SSSR count). The Bertz CT molecular complexity index is 496. The first kappa shape index (κ1) is 14.5. The van der Waals surface area contributed by atoms with Crippen molar-refractivity contribution in [3.05, 3.63) is 31.6 Å². The highest BCUT2D eigenvalue weighted by molar-refractivity contribution is 14.1. The maximum Gasteiger partial charge on any atom is 0.293 e. The average molecular weight is 378 g/mol. The van der Waals surface area contributed by atoms with Gasteiger partial charge in [-0.3, -0.25) is 10.1 Å². The maximum atomic E-state index is 13.6. The molecule has 6 heteroatoms. The summed E-state index contributed by atoms with van der Waals surface area (Å²) in [5.41, 5.74) is 0.242. The van der Waals surface area contributed by atoms with Crippen LogP contribution in [0.15, 0.2) is 12.1 Å². The second kappa shape index (κ2) is 6.02. The Kier molecular flexibility index (Phi) is 4.59. The number of hydrogen-bond acceptors (Lipinski definition) is 3. The second-order valence-electron chi connectivity index (χ2n) is 5.15. The van der Waals surface area contributed by atoms with Gasteiger partial charge in [-0.25, -0.2) is 4.39 Å². The van der Waals surface area contributed by atoms with Crippen LogP contribution in [0.4, 0.5) is 15.8 Å². The van der Waals surface area contributed by atoms with Gasteiger partial charge in [0.05, 0.1) is 8.49 Å². The van der Waals surface area contributed by atoms with Gasteiger partial charge >= 0.3 is 0 Å². The van der Waals surface area contributed by atoms with E-state index in [2.05, 4.69) is 12.2 Å². The van der Waals surface area contributed by atoms with Crippen LogP contribution in [0, 0.1) is 25.4 Å². The molecule has 4 nitrogen and oxygen atoms in total. The van der Waals surface area contributed by atoms with Crippen molar-refractivity contribution in [3.63, 3.8) is 0 Å². The lowest BCUT2D eigenvalue weighted by atomic mass is 9.87. The highest BCUT2D eigenvalue weighted by Crippen LogP contribution is 2.32. The number of nitrogens with zero attached hydrogens (tertiary/aromatic N) is 1. The fourth-order valence-corrected chi connectivity index (χ4v) is 3.04. The Morgan fingerprint density at radius 1 is 1.47 bits per heavy atom. The lowest BCUT2D eigenvalue weighted by Gasteiger charge is -2.28. The van der Waals surface area contributed by atoms with Gasteiger partial charge in [0, 0.05) is 18.2 Å². The molecule has 1 aromatic rings. The monoisotopic (exact) mass is 378 g/mol. The van der Waals surface area contributed by atoms with Gasteiger partial charge in [0.2, 0.25) is 0 Å². The molecular weight excluding hydrogens is 362 g/mol. The third kappa shape index (κ3) is 3.55. The van der Waals surface area contributed by atoms with Crippen LogP contribution in [-0.2, 0) is 0 Å². The predicted octanol–water partition coefficient (Wildman–Crippen LogP) is 4.33. The molecule has 1 aliphatic rings. The highest BCUT2D eigenvalue weighted by Gasteiger charge is 2.23. The van der Waals surface area contributed by atoms with Gasteiger partial charge in [0.15, 0.2) is 0 Å². The molecule has 19 heavy (non-hydrogen) atoms. The summed E-state index contributed by atoms with van der Waals surface area (Å²) in [6.07, 6.45) is 4.26. The van der Waals surface area contributed by atoms with Crippen molar-refractivity contribution in [2.75, 3.05) is 5.32 Å². The Morgan fingerprint density at radius 2 is 2.21 bits per heavy atom. The summed E-state index contributed by atoms with van der Waals surface area (Å²) in [4.78, 5) is 10.6. The van der Waals surface area contributed by atoms with E-state index in [-0.39, 0.29) is 15.3 Å². The number of nitro benzene ring substituents is 1. The largest absolute Gasteiger partial charge is 0.377 e. The first-order valence-electron chi connectivity index (χ1n) is 6.37. The van der Waals surface area contributed by atoms with E-state index in [1.165, 1.54) is 18.6 Å². The summed E-state index contributed by atoms with van der Waals surface area (Å²) < 4.78 is 13.9.